The van der Waals surface area contributed by atoms with Crippen LogP contribution in [0.2, 0.25) is 5.28 Å². The molecule has 0 aliphatic rings. The summed E-state index contributed by atoms with van der Waals surface area (Å²) in [5.74, 6) is -0.996. The smallest absolute Gasteiger partial charge is 0.277 e. The summed E-state index contributed by atoms with van der Waals surface area (Å²) in [6, 6.07) is 4.20. The van der Waals surface area contributed by atoms with Crippen LogP contribution < -0.4 is 5.32 Å². The highest BCUT2D eigenvalue weighted by atomic mass is 35.5. The van der Waals surface area contributed by atoms with E-state index in [1.54, 1.807) is 23.9 Å². The summed E-state index contributed by atoms with van der Waals surface area (Å²) >= 11 is 5.83. The van der Waals surface area contributed by atoms with Crippen LogP contribution in [0.3, 0.4) is 0 Å². The number of aromatic nitrogens is 5. The molecule has 140 valence electrons. The largest absolute Gasteiger partial charge is 0.320 e. The average Bonchev–Trinajstić information content (AvgIpc) is 3.08. The summed E-state index contributed by atoms with van der Waals surface area (Å²) in [7, 11) is 0. The van der Waals surface area contributed by atoms with E-state index in [1.165, 1.54) is 18.3 Å². The van der Waals surface area contributed by atoms with E-state index in [0.717, 1.165) is 0 Å². The number of benzene rings is 1. The summed E-state index contributed by atoms with van der Waals surface area (Å²) in [6.45, 7) is 7.59. The molecule has 1 amide bonds. The summed E-state index contributed by atoms with van der Waals surface area (Å²) in [5, 5.41) is 10.6. The standard InChI is InChI=1S/C18H18ClFN6O/c1-10-12(13-5-6-21-17(19)23-13)7-11(20)8-14(10)22-16(27)15-9-26(25-24-15)18(2,3)4/h5-9H,1-4H3,(H,22,27). The van der Waals surface area contributed by atoms with Gasteiger partial charge in [-0.2, -0.15) is 0 Å². The molecule has 0 unspecified atom stereocenters. The van der Waals surface area contributed by atoms with Gasteiger partial charge in [-0.1, -0.05) is 5.21 Å². The Morgan fingerprint density at radius 1 is 1.30 bits per heavy atom. The van der Waals surface area contributed by atoms with Gasteiger partial charge >= 0.3 is 0 Å². The molecule has 1 aromatic carbocycles. The third-order valence-electron chi connectivity index (χ3n) is 3.94. The van der Waals surface area contributed by atoms with E-state index in [9.17, 15) is 9.18 Å². The van der Waals surface area contributed by atoms with Gasteiger partial charge in [-0.25, -0.2) is 19.0 Å². The lowest BCUT2D eigenvalue weighted by Crippen LogP contribution is -2.22. The van der Waals surface area contributed by atoms with Gasteiger partial charge in [-0.05, 0) is 63.1 Å². The molecular formula is C18H18ClFN6O. The van der Waals surface area contributed by atoms with Gasteiger partial charge in [0.05, 0.1) is 17.4 Å². The highest BCUT2D eigenvalue weighted by Gasteiger charge is 2.20. The highest BCUT2D eigenvalue weighted by molar-refractivity contribution is 6.28. The molecule has 2 heterocycles. The zero-order chi connectivity index (χ0) is 19.8. The minimum Gasteiger partial charge on any atom is -0.320 e. The maximum Gasteiger partial charge on any atom is 0.277 e. The van der Waals surface area contributed by atoms with Crippen molar-refractivity contribution in [3.05, 3.63) is 53.0 Å². The second kappa shape index (κ2) is 7.03. The van der Waals surface area contributed by atoms with E-state index in [2.05, 4.69) is 25.6 Å². The van der Waals surface area contributed by atoms with Crippen LogP contribution in [-0.4, -0.2) is 30.9 Å². The fourth-order valence-electron chi connectivity index (χ4n) is 2.44. The summed E-state index contributed by atoms with van der Waals surface area (Å²) in [6.07, 6.45) is 3.03. The molecule has 0 radical (unpaired) electrons. The fourth-order valence-corrected chi connectivity index (χ4v) is 2.59. The topological polar surface area (TPSA) is 85.6 Å². The Kier molecular flexibility index (Phi) is 4.93. The monoisotopic (exact) mass is 388 g/mol. The lowest BCUT2D eigenvalue weighted by Gasteiger charge is -2.17. The maximum absolute atomic E-state index is 14.1. The first-order valence-corrected chi connectivity index (χ1v) is 8.56. The quantitative estimate of drug-likeness (QED) is 0.689. The third-order valence-corrected chi connectivity index (χ3v) is 4.12. The number of amides is 1. The second-order valence-corrected chi connectivity index (χ2v) is 7.35. The summed E-state index contributed by atoms with van der Waals surface area (Å²) < 4.78 is 15.7. The molecule has 0 spiro atoms. The van der Waals surface area contributed by atoms with Crippen LogP contribution in [-0.2, 0) is 5.54 Å². The van der Waals surface area contributed by atoms with E-state index in [-0.39, 0.29) is 16.5 Å². The third kappa shape index (κ3) is 4.11. The molecule has 9 heteroatoms. The van der Waals surface area contributed by atoms with E-state index in [1.807, 2.05) is 20.8 Å². The number of anilines is 1. The number of rotatable bonds is 3. The molecule has 7 nitrogen and oxygen atoms in total. The summed E-state index contributed by atoms with van der Waals surface area (Å²) in [4.78, 5) is 20.5. The Balaban J connectivity index is 1.93. The number of nitrogens with one attached hydrogen (secondary N) is 1. The zero-order valence-corrected chi connectivity index (χ0v) is 16.0. The van der Waals surface area contributed by atoms with Crippen molar-refractivity contribution >= 4 is 23.2 Å². The van der Waals surface area contributed by atoms with Gasteiger partial charge < -0.3 is 5.32 Å². The Hall–Kier alpha value is -2.87. The van der Waals surface area contributed by atoms with Gasteiger partial charge in [-0.3, -0.25) is 4.79 Å². The molecule has 0 saturated heterocycles. The zero-order valence-electron chi connectivity index (χ0n) is 15.3. The molecule has 3 rings (SSSR count). The van der Waals surface area contributed by atoms with Crippen molar-refractivity contribution < 1.29 is 9.18 Å². The molecule has 0 atom stereocenters. The van der Waals surface area contributed by atoms with Crippen LogP contribution in [0, 0.1) is 12.7 Å². The Labute approximate surface area is 160 Å². The summed E-state index contributed by atoms with van der Waals surface area (Å²) in [5.41, 5.74) is 1.76. The number of carbonyl (C=O) groups is 1. The minimum atomic E-state index is -0.515. The number of carbonyl (C=O) groups excluding carboxylic acids is 1. The minimum absolute atomic E-state index is 0.0561. The molecule has 0 saturated carbocycles. The van der Waals surface area contributed by atoms with Crippen molar-refractivity contribution in [1.29, 1.82) is 0 Å². The van der Waals surface area contributed by atoms with Crippen LogP contribution in [0.15, 0.2) is 30.6 Å². The molecule has 0 aliphatic carbocycles. The van der Waals surface area contributed by atoms with E-state index in [0.29, 0.717) is 22.5 Å². The number of hydrogen-bond donors (Lipinski definition) is 1. The maximum atomic E-state index is 14.1. The Bertz CT molecular complexity index is 1010. The van der Waals surface area contributed by atoms with Crippen LogP contribution in [0.1, 0.15) is 36.8 Å². The van der Waals surface area contributed by atoms with Gasteiger partial charge in [0, 0.05) is 17.4 Å². The molecule has 0 fully saturated rings. The van der Waals surface area contributed by atoms with Crippen molar-refractivity contribution in [2.24, 2.45) is 0 Å². The van der Waals surface area contributed by atoms with E-state index < -0.39 is 11.7 Å². The van der Waals surface area contributed by atoms with E-state index >= 15 is 0 Å². The Morgan fingerprint density at radius 3 is 2.67 bits per heavy atom. The molecular weight excluding hydrogens is 371 g/mol. The SMILES string of the molecule is Cc1c(NC(=O)c2cn(C(C)(C)C)nn2)cc(F)cc1-c1ccnc(Cl)n1. The predicted molar refractivity (Wildman–Crippen MR) is 100 cm³/mol. The lowest BCUT2D eigenvalue weighted by atomic mass is 10.0. The fraction of sp³-hybridized carbons (Fsp3) is 0.278. The molecule has 0 aliphatic heterocycles. The van der Waals surface area contributed by atoms with Crippen molar-refractivity contribution in [3.63, 3.8) is 0 Å². The Morgan fingerprint density at radius 2 is 2.04 bits per heavy atom. The van der Waals surface area contributed by atoms with Crippen molar-refractivity contribution in [3.8, 4) is 11.3 Å². The highest BCUT2D eigenvalue weighted by Crippen LogP contribution is 2.29. The van der Waals surface area contributed by atoms with Gasteiger partial charge in [0.2, 0.25) is 5.28 Å². The molecule has 27 heavy (non-hydrogen) atoms. The van der Waals surface area contributed by atoms with Crippen LogP contribution in [0.25, 0.3) is 11.3 Å². The van der Waals surface area contributed by atoms with E-state index in [4.69, 9.17) is 11.6 Å². The molecule has 0 bridgehead atoms. The van der Waals surface area contributed by atoms with Crippen LogP contribution >= 0.6 is 11.6 Å². The van der Waals surface area contributed by atoms with Crippen LogP contribution in [0.5, 0.6) is 0 Å². The normalized spacial score (nSPS) is 11.5. The second-order valence-electron chi connectivity index (χ2n) is 7.01. The van der Waals surface area contributed by atoms with Crippen molar-refractivity contribution in [2.75, 3.05) is 5.32 Å². The number of halogens is 2. The number of hydrogen-bond acceptors (Lipinski definition) is 5. The molecule has 1 N–H and O–H groups in total. The average molecular weight is 389 g/mol. The van der Waals surface area contributed by atoms with Gasteiger partial charge in [0.1, 0.15) is 5.82 Å². The first kappa shape index (κ1) is 18.9. The number of nitrogens with zero attached hydrogens (tertiary/aromatic N) is 5. The van der Waals surface area contributed by atoms with Crippen molar-refractivity contribution in [1.82, 2.24) is 25.0 Å². The lowest BCUT2D eigenvalue weighted by molar-refractivity contribution is 0.102. The van der Waals surface area contributed by atoms with Crippen molar-refractivity contribution in [2.45, 2.75) is 33.2 Å². The first-order chi connectivity index (χ1) is 12.6. The van der Waals surface area contributed by atoms with Gasteiger partial charge in [-0.15, -0.1) is 5.10 Å². The molecule has 2 aromatic heterocycles. The van der Waals surface area contributed by atoms with Crippen LogP contribution in [0.4, 0.5) is 10.1 Å². The predicted octanol–water partition coefficient (Wildman–Crippen LogP) is 3.84. The first-order valence-electron chi connectivity index (χ1n) is 8.18. The van der Waals surface area contributed by atoms with Gasteiger partial charge in [0.25, 0.3) is 5.91 Å². The molecule has 3 aromatic rings. The van der Waals surface area contributed by atoms with Gasteiger partial charge in [0.15, 0.2) is 5.69 Å².